The fourth-order valence-electron chi connectivity index (χ4n) is 5.29. The predicted molar refractivity (Wildman–Crippen MR) is 101 cm³/mol. The van der Waals surface area contributed by atoms with Gasteiger partial charge in [0.15, 0.2) is 0 Å². The van der Waals surface area contributed by atoms with Gasteiger partial charge in [-0.3, -0.25) is 4.79 Å². The first-order valence-electron chi connectivity index (χ1n) is 10.2. The van der Waals surface area contributed by atoms with Gasteiger partial charge in [0.2, 0.25) is 5.91 Å². The van der Waals surface area contributed by atoms with E-state index in [1.807, 2.05) is 0 Å². The van der Waals surface area contributed by atoms with Gasteiger partial charge >= 0.3 is 0 Å². The first-order chi connectivity index (χ1) is 12.1. The summed E-state index contributed by atoms with van der Waals surface area (Å²) < 4.78 is 0. The van der Waals surface area contributed by atoms with Crippen LogP contribution in [0.15, 0.2) is 30.3 Å². The van der Waals surface area contributed by atoms with E-state index >= 15 is 0 Å². The first-order valence-corrected chi connectivity index (χ1v) is 10.2. The number of amides is 1. The summed E-state index contributed by atoms with van der Waals surface area (Å²) in [4.78, 5) is 14.8. The summed E-state index contributed by atoms with van der Waals surface area (Å²) in [5, 5.41) is 3.62. The van der Waals surface area contributed by atoms with Crippen molar-refractivity contribution in [3.8, 4) is 0 Å². The van der Waals surface area contributed by atoms with Crippen molar-refractivity contribution < 1.29 is 4.79 Å². The zero-order valence-corrected chi connectivity index (χ0v) is 15.6. The van der Waals surface area contributed by atoms with Crippen LogP contribution in [0.3, 0.4) is 0 Å². The highest BCUT2D eigenvalue weighted by molar-refractivity contribution is 5.79. The molecule has 1 aliphatic heterocycles. The summed E-state index contributed by atoms with van der Waals surface area (Å²) in [7, 11) is 2.09. The first kappa shape index (κ1) is 17.1. The van der Waals surface area contributed by atoms with Crippen LogP contribution in [0.25, 0.3) is 0 Å². The zero-order chi connectivity index (χ0) is 17.3. The Labute approximate surface area is 152 Å². The minimum absolute atomic E-state index is 0.0922. The van der Waals surface area contributed by atoms with E-state index < -0.39 is 0 Å². The molecule has 3 fully saturated rings. The van der Waals surface area contributed by atoms with Gasteiger partial charge in [0.1, 0.15) is 0 Å². The highest BCUT2D eigenvalue weighted by Crippen LogP contribution is 2.50. The lowest BCUT2D eigenvalue weighted by Crippen LogP contribution is -2.46. The molecule has 0 atom stereocenters. The lowest BCUT2D eigenvalue weighted by atomic mass is 9.65. The van der Waals surface area contributed by atoms with Crippen LogP contribution in [0.4, 0.5) is 0 Å². The van der Waals surface area contributed by atoms with Crippen molar-refractivity contribution in [2.45, 2.75) is 63.3 Å². The molecule has 0 bridgehead atoms. The molecule has 3 heteroatoms. The second-order valence-electron chi connectivity index (χ2n) is 8.78. The molecule has 2 aliphatic carbocycles. The Kier molecular flexibility index (Phi) is 4.61. The topological polar surface area (TPSA) is 32.3 Å². The van der Waals surface area contributed by atoms with Gasteiger partial charge in [-0.15, -0.1) is 0 Å². The molecule has 3 aliphatic rings. The summed E-state index contributed by atoms with van der Waals surface area (Å²) in [6, 6.07) is 10.9. The highest BCUT2D eigenvalue weighted by atomic mass is 16.2. The molecular weight excluding hydrogens is 308 g/mol. The quantitative estimate of drug-likeness (QED) is 0.876. The van der Waals surface area contributed by atoms with E-state index in [4.69, 9.17) is 0 Å². The molecule has 1 heterocycles. The van der Waals surface area contributed by atoms with Gasteiger partial charge in [0, 0.05) is 25.0 Å². The van der Waals surface area contributed by atoms with Gasteiger partial charge in [-0.25, -0.2) is 0 Å². The van der Waals surface area contributed by atoms with Crippen LogP contribution in [-0.4, -0.2) is 30.9 Å². The van der Waals surface area contributed by atoms with Gasteiger partial charge in [0.05, 0.1) is 0 Å². The van der Waals surface area contributed by atoms with Crippen LogP contribution in [0.5, 0.6) is 0 Å². The van der Waals surface area contributed by atoms with Crippen LogP contribution in [0.1, 0.15) is 63.4 Å². The van der Waals surface area contributed by atoms with Crippen molar-refractivity contribution in [1.82, 2.24) is 10.2 Å². The summed E-state index contributed by atoms with van der Waals surface area (Å²) in [6.45, 7) is 2.01. The second kappa shape index (κ2) is 6.75. The van der Waals surface area contributed by atoms with Gasteiger partial charge in [-0.1, -0.05) is 49.6 Å². The average molecular weight is 341 g/mol. The Balaban J connectivity index is 1.39. The van der Waals surface area contributed by atoms with Crippen molar-refractivity contribution in [3.05, 3.63) is 35.9 Å². The molecule has 0 radical (unpaired) electrons. The van der Waals surface area contributed by atoms with Crippen LogP contribution < -0.4 is 5.32 Å². The Morgan fingerprint density at radius 3 is 2.44 bits per heavy atom. The summed E-state index contributed by atoms with van der Waals surface area (Å²) in [5.41, 5.74) is 1.74. The molecule has 25 heavy (non-hydrogen) atoms. The third-order valence-electron chi connectivity index (χ3n) is 7.41. The number of nitrogens with zero attached hydrogens (tertiary/aromatic N) is 1. The average Bonchev–Trinajstić information content (AvgIpc) is 2.91. The molecular formula is C22H32N2O. The zero-order valence-electron chi connectivity index (χ0n) is 15.6. The fourth-order valence-corrected chi connectivity index (χ4v) is 5.29. The van der Waals surface area contributed by atoms with Crippen LogP contribution in [-0.2, 0) is 10.3 Å². The highest BCUT2D eigenvalue weighted by Gasteiger charge is 2.48. The van der Waals surface area contributed by atoms with E-state index in [0.29, 0.717) is 5.91 Å². The molecule has 0 unspecified atom stereocenters. The smallest absolute Gasteiger partial charge is 0.223 e. The molecule has 1 amide bonds. The minimum Gasteiger partial charge on any atom is -0.342 e. The maximum atomic E-state index is 12.6. The molecule has 3 nitrogen and oxygen atoms in total. The van der Waals surface area contributed by atoms with E-state index in [9.17, 15) is 4.79 Å². The molecule has 1 spiro atoms. The van der Waals surface area contributed by atoms with E-state index in [0.717, 1.165) is 51.1 Å². The fraction of sp³-hybridized carbons (Fsp3) is 0.682. The third kappa shape index (κ3) is 3.23. The van der Waals surface area contributed by atoms with Crippen molar-refractivity contribution >= 4 is 5.91 Å². The molecule has 1 aromatic rings. The SMILES string of the molecule is CNC1(c2ccccc2)CCC2(CC1)CC(=O)N(CCC1CCC1)C2. The predicted octanol–water partition coefficient (Wildman–Crippen LogP) is 4.08. The van der Waals surface area contributed by atoms with Crippen LogP contribution in [0, 0.1) is 11.3 Å². The Morgan fingerprint density at radius 1 is 1.12 bits per heavy atom. The molecule has 2 saturated carbocycles. The van der Waals surface area contributed by atoms with Gasteiger partial charge in [-0.05, 0) is 56.0 Å². The Hall–Kier alpha value is -1.35. The number of hydrogen-bond donors (Lipinski definition) is 1. The van der Waals surface area contributed by atoms with E-state index in [1.165, 1.54) is 31.2 Å². The number of carbonyl (C=O) groups is 1. The van der Waals surface area contributed by atoms with Crippen molar-refractivity contribution in [3.63, 3.8) is 0 Å². The number of rotatable bonds is 5. The van der Waals surface area contributed by atoms with E-state index in [2.05, 4.69) is 47.6 Å². The Bertz CT molecular complexity index is 600. The van der Waals surface area contributed by atoms with Crippen LogP contribution in [0.2, 0.25) is 0 Å². The summed E-state index contributed by atoms with van der Waals surface area (Å²) >= 11 is 0. The molecule has 1 saturated heterocycles. The largest absolute Gasteiger partial charge is 0.342 e. The minimum atomic E-state index is 0.0922. The number of nitrogens with one attached hydrogen (secondary N) is 1. The number of hydrogen-bond acceptors (Lipinski definition) is 2. The summed E-state index contributed by atoms with van der Waals surface area (Å²) in [6.07, 6.45) is 10.8. The van der Waals surface area contributed by atoms with Crippen molar-refractivity contribution in [2.75, 3.05) is 20.1 Å². The monoisotopic (exact) mass is 340 g/mol. The lowest BCUT2D eigenvalue weighted by Gasteiger charge is -2.45. The molecule has 1 N–H and O–H groups in total. The second-order valence-corrected chi connectivity index (χ2v) is 8.78. The van der Waals surface area contributed by atoms with Crippen molar-refractivity contribution in [2.24, 2.45) is 11.3 Å². The molecule has 4 rings (SSSR count). The van der Waals surface area contributed by atoms with Gasteiger partial charge < -0.3 is 10.2 Å². The molecule has 136 valence electrons. The van der Waals surface area contributed by atoms with E-state index in [1.54, 1.807) is 0 Å². The number of benzene rings is 1. The lowest BCUT2D eigenvalue weighted by molar-refractivity contribution is -0.128. The normalized spacial score (nSPS) is 33.0. The molecule has 0 aromatic heterocycles. The number of likely N-dealkylation sites (tertiary alicyclic amines) is 1. The maximum absolute atomic E-state index is 12.6. The molecule has 1 aromatic carbocycles. The van der Waals surface area contributed by atoms with Crippen LogP contribution >= 0.6 is 0 Å². The maximum Gasteiger partial charge on any atom is 0.223 e. The number of carbonyl (C=O) groups excluding carboxylic acids is 1. The summed E-state index contributed by atoms with van der Waals surface area (Å²) in [5.74, 6) is 1.31. The standard InChI is InChI=1S/C22H32N2O/c1-23-22(19-8-3-2-4-9-19)13-11-21(12-14-22)16-20(25)24(17-21)15-10-18-6-5-7-18/h2-4,8-9,18,23H,5-7,10-17H2,1H3. The van der Waals surface area contributed by atoms with Gasteiger partial charge in [0.25, 0.3) is 0 Å². The van der Waals surface area contributed by atoms with Crippen molar-refractivity contribution in [1.29, 1.82) is 0 Å². The Morgan fingerprint density at radius 2 is 1.84 bits per heavy atom. The van der Waals surface area contributed by atoms with Gasteiger partial charge in [-0.2, -0.15) is 0 Å². The third-order valence-corrected chi connectivity index (χ3v) is 7.41. The van der Waals surface area contributed by atoms with E-state index in [-0.39, 0.29) is 11.0 Å².